The van der Waals surface area contributed by atoms with E-state index in [9.17, 15) is 4.79 Å². The third-order valence-corrected chi connectivity index (χ3v) is 6.35. The van der Waals surface area contributed by atoms with Crippen LogP contribution in [0.15, 0.2) is 30.3 Å². The van der Waals surface area contributed by atoms with Crippen molar-refractivity contribution in [2.45, 2.75) is 84.2 Å². The Morgan fingerprint density at radius 3 is 2.31 bits per heavy atom. The minimum Gasteiger partial charge on any atom is -0.459 e. The summed E-state index contributed by atoms with van der Waals surface area (Å²) < 4.78 is 5.74. The quantitative estimate of drug-likeness (QED) is 0.525. The largest absolute Gasteiger partial charge is 0.459 e. The fraction of sp³-hybridized carbons (Fsp3) is 0.625. The average molecular weight is 355 g/mol. The first-order valence-electron chi connectivity index (χ1n) is 10.7. The second-order valence-corrected chi connectivity index (χ2v) is 8.19. The monoisotopic (exact) mass is 354 g/mol. The van der Waals surface area contributed by atoms with Crippen molar-refractivity contribution in [3.8, 4) is 0 Å². The Labute approximate surface area is 159 Å². The molecule has 0 spiro atoms. The van der Waals surface area contributed by atoms with Crippen LogP contribution >= 0.6 is 0 Å². The van der Waals surface area contributed by atoms with Crippen LogP contribution < -0.4 is 0 Å². The van der Waals surface area contributed by atoms with Crippen molar-refractivity contribution in [1.82, 2.24) is 0 Å². The summed E-state index contributed by atoms with van der Waals surface area (Å²) in [4.78, 5) is 12.4. The lowest BCUT2D eigenvalue weighted by Gasteiger charge is -2.27. The molecule has 1 aromatic rings. The van der Waals surface area contributed by atoms with Gasteiger partial charge in [0.15, 0.2) is 0 Å². The molecule has 142 valence electrons. The molecule has 0 bridgehead atoms. The lowest BCUT2D eigenvalue weighted by molar-refractivity contribution is 0.0164. The van der Waals surface area contributed by atoms with Crippen molar-refractivity contribution in [2.24, 2.45) is 11.8 Å². The molecule has 2 aliphatic rings. The fourth-order valence-electron chi connectivity index (χ4n) is 4.52. The van der Waals surface area contributed by atoms with E-state index in [1.165, 1.54) is 56.1 Å². The number of allylic oxidation sites excluding steroid dienone is 2. The second kappa shape index (κ2) is 9.39. The molecule has 3 rings (SSSR count). The fourth-order valence-corrected chi connectivity index (χ4v) is 4.52. The summed E-state index contributed by atoms with van der Waals surface area (Å²) >= 11 is 0. The van der Waals surface area contributed by atoms with Gasteiger partial charge in [-0.25, -0.2) is 4.79 Å². The highest BCUT2D eigenvalue weighted by molar-refractivity contribution is 5.90. The molecule has 2 heteroatoms. The lowest BCUT2D eigenvalue weighted by Crippen LogP contribution is -2.24. The van der Waals surface area contributed by atoms with Crippen LogP contribution in [0, 0.1) is 11.8 Å². The number of benzene rings is 1. The Morgan fingerprint density at radius 2 is 1.73 bits per heavy atom. The molecule has 0 aliphatic heterocycles. The number of esters is 1. The van der Waals surface area contributed by atoms with E-state index < -0.39 is 0 Å². The molecule has 1 atom stereocenters. The number of rotatable bonds is 6. The molecular formula is C24H34O2. The zero-order valence-corrected chi connectivity index (χ0v) is 16.5. The second-order valence-electron chi connectivity index (χ2n) is 8.19. The van der Waals surface area contributed by atoms with E-state index in [2.05, 4.69) is 32.1 Å². The van der Waals surface area contributed by atoms with Gasteiger partial charge in [0.1, 0.15) is 6.10 Å². The highest BCUT2D eigenvalue weighted by atomic mass is 16.5. The topological polar surface area (TPSA) is 26.3 Å². The molecule has 1 aromatic carbocycles. The summed E-state index contributed by atoms with van der Waals surface area (Å²) in [7, 11) is 0. The Hall–Kier alpha value is -1.57. The van der Waals surface area contributed by atoms with Crippen molar-refractivity contribution in [2.75, 3.05) is 0 Å². The maximum Gasteiger partial charge on any atom is 0.338 e. The van der Waals surface area contributed by atoms with Gasteiger partial charge < -0.3 is 4.74 Å². The third-order valence-electron chi connectivity index (χ3n) is 6.35. The highest BCUT2D eigenvalue weighted by Gasteiger charge is 2.23. The maximum absolute atomic E-state index is 12.4. The van der Waals surface area contributed by atoms with Crippen molar-refractivity contribution >= 4 is 11.5 Å². The van der Waals surface area contributed by atoms with E-state index in [1.807, 2.05) is 12.1 Å². The summed E-state index contributed by atoms with van der Waals surface area (Å²) in [5, 5.41) is 0. The predicted octanol–water partition coefficient (Wildman–Crippen LogP) is 6.80. The normalized spacial score (nSPS) is 26.2. The number of hydrogen-bond donors (Lipinski definition) is 0. The molecule has 0 radical (unpaired) electrons. The van der Waals surface area contributed by atoms with Crippen LogP contribution in [0.2, 0.25) is 0 Å². The van der Waals surface area contributed by atoms with Gasteiger partial charge in [0, 0.05) is 0 Å². The Balaban J connectivity index is 1.53. The van der Waals surface area contributed by atoms with Gasteiger partial charge in [-0.2, -0.15) is 0 Å². The summed E-state index contributed by atoms with van der Waals surface area (Å²) in [5.74, 6) is 1.53. The van der Waals surface area contributed by atoms with Gasteiger partial charge in [0.05, 0.1) is 5.56 Å². The predicted molar refractivity (Wildman–Crippen MR) is 108 cm³/mol. The highest BCUT2D eigenvalue weighted by Crippen LogP contribution is 2.33. The van der Waals surface area contributed by atoms with Gasteiger partial charge in [-0.05, 0) is 80.1 Å². The van der Waals surface area contributed by atoms with Crippen LogP contribution in [0.5, 0.6) is 0 Å². The maximum atomic E-state index is 12.4. The molecule has 0 N–H and O–H groups in total. The SMILES string of the molecule is CCCC1CC=C(c2ccc(C(=O)OC3CCC(CC)CC3)cc2)CC1. The molecule has 1 saturated carbocycles. The number of hydrogen-bond acceptors (Lipinski definition) is 2. The molecule has 1 unspecified atom stereocenters. The van der Waals surface area contributed by atoms with Crippen LogP contribution in [0.3, 0.4) is 0 Å². The molecule has 0 amide bonds. The van der Waals surface area contributed by atoms with E-state index in [0.29, 0.717) is 5.56 Å². The Bertz CT molecular complexity index is 606. The van der Waals surface area contributed by atoms with Gasteiger partial charge in [0.2, 0.25) is 0 Å². The Morgan fingerprint density at radius 1 is 1.00 bits per heavy atom. The number of ether oxygens (including phenoxy) is 1. The van der Waals surface area contributed by atoms with Gasteiger partial charge in [-0.15, -0.1) is 0 Å². The third kappa shape index (κ3) is 4.99. The van der Waals surface area contributed by atoms with Crippen LogP contribution in [0.25, 0.3) is 5.57 Å². The van der Waals surface area contributed by atoms with Crippen LogP contribution in [-0.2, 0) is 4.74 Å². The summed E-state index contributed by atoms with van der Waals surface area (Å²) in [6.45, 7) is 4.52. The van der Waals surface area contributed by atoms with Crippen molar-refractivity contribution in [3.05, 3.63) is 41.5 Å². The smallest absolute Gasteiger partial charge is 0.338 e. The van der Waals surface area contributed by atoms with E-state index in [0.717, 1.165) is 31.1 Å². The summed E-state index contributed by atoms with van der Waals surface area (Å²) in [5.41, 5.74) is 3.39. The molecule has 1 fully saturated rings. The van der Waals surface area contributed by atoms with Crippen LogP contribution in [0.4, 0.5) is 0 Å². The molecular weight excluding hydrogens is 320 g/mol. The lowest BCUT2D eigenvalue weighted by atomic mass is 9.84. The van der Waals surface area contributed by atoms with E-state index in [-0.39, 0.29) is 12.1 Å². The van der Waals surface area contributed by atoms with Crippen LogP contribution in [-0.4, -0.2) is 12.1 Å². The summed E-state index contributed by atoms with van der Waals surface area (Å²) in [6, 6.07) is 8.07. The van der Waals surface area contributed by atoms with E-state index in [4.69, 9.17) is 4.74 Å². The van der Waals surface area contributed by atoms with Gasteiger partial charge in [-0.1, -0.05) is 51.3 Å². The van der Waals surface area contributed by atoms with Crippen LogP contribution in [0.1, 0.15) is 94.0 Å². The number of carbonyl (C=O) groups excluding carboxylic acids is 1. The first kappa shape index (κ1) is 19.2. The van der Waals surface area contributed by atoms with Gasteiger partial charge in [0.25, 0.3) is 0 Å². The summed E-state index contributed by atoms with van der Waals surface area (Å²) in [6.07, 6.45) is 14.5. The van der Waals surface area contributed by atoms with E-state index in [1.54, 1.807) is 0 Å². The standard InChI is InChI=1S/C24H34O2/c1-3-5-19-6-10-20(11-7-19)21-12-14-22(15-13-21)24(25)26-23-16-8-18(4-2)9-17-23/h10,12-15,18-19,23H,3-9,11,16-17H2,1-2H3. The molecule has 0 saturated heterocycles. The molecule has 2 aliphatic carbocycles. The minimum absolute atomic E-state index is 0.113. The first-order chi connectivity index (χ1) is 12.7. The number of carbonyl (C=O) groups is 1. The molecule has 26 heavy (non-hydrogen) atoms. The van der Waals surface area contributed by atoms with Gasteiger partial charge >= 0.3 is 5.97 Å². The first-order valence-corrected chi connectivity index (χ1v) is 10.7. The zero-order chi connectivity index (χ0) is 18.4. The Kier molecular flexibility index (Phi) is 6.93. The van der Waals surface area contributed by atoms with E-state index >= 15 is 0 Å². The zero-order valence-electron chi connectivity index (χ0n) is 16.5. The van der Waals surface area contributed by atoms with Crippen molar-refractivity contribution < 1.29 is 9.53 Å². The minimum atomic E-state index is -0.155. The molecule has 0 heterocycles. The average Bonchev–Trinajstić information content (AvgIpc) is 2.69. The molecule has 2 nitrogen and oxygen atoms in total. The van der Waals surface area contributed by atoms with Gasteiger partial charge in [-0.3, -0.25) is 0 Å². The van der Waals surface area contributed by atoms with Crippen molar-refractivity contribution in [3.63, 3.8) is 0 Å². The van der Waals surface area contributed by atoms with Crippen molar-refractivity contribution in [1.29, 1.82) is 0 Å². The molecule has 0 aromatic heterocycles.